The van der Waals surface area contributed by atoms with Crippen molar-refractivity contribution >= 4 is 12.1 Å². The highest BCUT2D eigenvalue weighted by Crippen LogP contribution is 2.29. The van der Waals surface area contributed by atoms with Gasteiger partial charge in [0.25, 0.3) is 5.88 Å². The van der Waals surface area contributed by atoms with Crippen LogP contribution >= 0.6 is 0 Å². The predicted octanol–water partition coefficient (Wildman–Crippen LogP) is 4.00. The molecule has 2 heterocycles. The third-order valence-corrected chi connectivity index (χ3v) is 4.98. The molecule has 0 aromatic carbocycles. The highest BCUT2D eigenvalue weighted by Gasteiger charge is 2.30. The van der Waals surface area contributed by atoms with Gasteiger partial charge in [0.05, 0.1) is 13.7 Å². The first kappa shape index (κ1) is 23.0. The van der Waals surface area contributed by atoms with E-state index in [1.165, 1.54) is 7.11 Å². The fourth-order valence-corrected chi connectivity index (χ4v) is 3.39. The zero-order valence-electron chi connectivity index (χ0n) is 18.4. The molecule has 0 saturated carbocycles. The highest BCUT2D eigenvalue weighted by atomic mass is 16.6. The molecule has 1 saturated heterocycles. The van der Waals surface area contributed by atoms with Crippen molar-refractivity contribution in [1.29, 1.82) is 0 Å². The fourth-order valence-electron chi connectivity index (χ4n) is 3.39. The number of piperidine rings is 1. The summed E-state index contributed by atoms with van der Waals surface area (Å²) in [7, 11) is 1.36. The third-order valence-electron chi connectivity index (χ3n) is 4.98. The molecule has 2 rings (SSSR count). The molecule has 1 fully saturated rings. The minimum Gasteiger partial charge on any atom is -0.475 e. The lowest BCUT2D eigenvalue weighted by atomic mass is 9.93. The van der Waals surface area contributed by atoms with E-state index >= 15 is 0 Å². The van der Waals surface area contributed by atoms with E-state index in [0.717, 1.165) is 19.3 Å². The molecule has 164 valence electrons. The number of ether oxygens (including phenoxy) is 3. The van der Waals surface area contributed by atoms with Crippen molar-refractivity contribution in [3.8, 4) is 5.88 Å². The molecule has 29 heavy (non-hydrogen) atoms. The third kappa shape index (κ3) is 6.94. The number of amides is 1. The van der Waals surface area contributed by atoms with Crippen LogP contribution in [0, 0.1) is 11.8 Å². The van der Waals surface area contributed by atoms with Crippen molar-refractivity contribution in [3.05, 3.63) is 11.8 Å². The molecular formula is C21H34N2O6. The maximum atomic E-state index is 12.1. The van der Waals surface area contributed by atoms with Crippen molar-refractivity contribution < 1.29 is 28.3 Å². The van der Waals surface area contributed by atoms with Crippen molar-refractivity contribution in [2.75, 3.05) is 26.8 Å². The molecule has 1 aliphatic heterocycles. The van der Waals surface area contributed by atoms with Crippen LogP contribution in [0.2, 0.25) is 0 Å². The van der Waals surface area contributed by atoms with Gasteiger partial charge in [0.2, 0.25) is 0 Å². The molecule has 0 N–H and O–H groups in total. The Labute approximate surface area is 172 Å². The summed E-state index contributed by atoms with van der Waals surface area (Å²) in [5.41, 5.74) is -0.472. The van der Waals surface area contributed by atoms with Gasteiger partial charge >= 0.3 is 12.1 Å². The van der Waals surface area contributed by atoms with Crippen molar-refractivity contribution in [1.82, 2.24) is 10.1 Å². The largest absolute Gasteiger partial charge is 0.475 e. The molecule has 1 unspecified atom stereocenters. The number of carbonyl (C=O) groups is 2. The van der Waals surface area contributed by atoms with Gasteiger partial charge in [0.15, 0.2) is 5.76 Å². The summed E-state index contributed by atoms with van der Waals surface area (Å²) < 4.78 is 21.3. The summed E-state index contributed by atoms with van der Waals surface area (Å²) in [5.74, 6) is 0.492. The maximum Gasteiger partial charge on any atom is 0.410 e. The second-order valence-corrected chi connectivity index (χ2v) is 8.86. The number of rotatable bonds is 7. The second kappa shape index (κ2) is 9.98. The van der Waals surface area contributed by atoms with E-state index in [9.17, 15) is 9.59 Å². The van der Waals surface area contributed by atoms with Crippen LogP contribution < -0.4 is 4.74 Å². The Balaban J connectivity index is 1.76. The Morgan fingerprint density at radius 1 is 1.28 bits per heavy atom. The lowest BCUT2D eigenvalue weighted by Gasteiger charge is -2.33. The molecule has 1 amide bonds. The van der Waals surface area contributed by atoms with Gasteiger partial charge in [-0.05, 0) is 57.0 Å². The molecule has 1 aromatic heterocycles. The van der Waals surface area contributed by atoms with Crippen LogP contribution in [-0.2, 0) is 14.3 Å². The number of esters is 1. The van der Waals surface area contributed by atoms with Gasteiger partial charge in [0.1, 0.15) is 11.5 Å². The van der Waals surface area contributed by atoms with Gasteiger partial charge in [-0.25, -0.2) is 4.79 Å². The van der Waals surface area contributed by atoms with Crippen LogP contribution in [0.4, 0.5) is 4.79 Å². The van der Waals surface area contributed by atoms with Gasteiger partial charge in [-0.1, -0.05) is 13.8 Å². The molecule has 0 bridgehead atoms. The Bertz CT molecular complexity index is 671. The summed E-state index contributed by atoms with van der Waals surface area (Å²) in [4.78, 5) is 25.8. The fraction of sp³-hybridized carbons (Fsp3) is 0.762. The topological polar surface area (TPSA) is 91.1 Å². The summed E-state index contributed by atoms with van der Waals surface area (Å²) >= 11 is 0. The van der Waals surface area contributed by atoms with E-state index < -0.39 is 11.5 Å². The van der Waals surface area contributed by atoms with Gasteiger partial charge in [0, 0.05) is 19.2 Å². The Hall–Kier alpha value is -2.25. The smallest absolute Gasteiger partial charge is 0.410 e. The van der Waals surface area contributed by atoms with E-state index in [1.807, 2.05) is 34.6 Å². The first-order valence-electron chi connectivity index (χ1n) is 10.3. The summed E-state index contributed by atoms with van der Waals surface area (Å²) in [5, 5.41) is 3.91. The minimum atomic E-state index is -0.498. The molecule has 1 aliphatic rings. The van der Waals surface area contributed by atoms with Crippen LogP contribution in [0.15, 0.2) is 10.6 Å². The van der Waals surface area contributed by atoms with Gasteiger partial charge < -0.3 is 23.6 Å². The Morgan fingerprint density at radius 2 is 1.93 bits per heavy atom. The Morgan fingerprint density at radius 3 is 2.48 bits per heavy atom. The summed E-state index contributed by atoms with van der Waals surface area (Å²) in [6.45, 7) is 11.4. The first-order chi connectivity index (χ1) is 13.6. The number of hydrogen-bond acceptors (Lipinski definition) is 7. The van der Waals surface area contributed by atoms with Crippen LogP contribution in [0.25, 0.3) is 0 Å². The lowest BCUT2D eigenvalue weighted by molar-refractivity contribution is -0.144. The van der Waals surface area contributed by atoms with E-state index in [-0.39, 0.29) is 18.0 Å². The lowest BCUT2D eigenvalue weighted by Crippen LogP contribution is -2.41. The number of nitrogens with zero attached hydrogens (tertiary/aromatic N) is 2. The molecule has 1 atom stereocenters. The summed E-state index contributed by atoms with van der Waals surface area (Å²) in [6, 6.07) is 1.66. The molecule has 8 heteroatoms. The van der Waals surface area contributed by atoms with E-state index in [1.54, 1.807) is 11.0 Å². The number of likely N-dealkylation sites (tertiary alicyclic amines) is 1. The monoisotopic (exact) mass is 410 g/mol. The number of hydrogen-bond donors (Lipinski definition) is 0. The normalized spacial score (nSPS) is 16.6. The molecule has 8 nitrogen and oxygen atoms in total. The average molecular weight is 411 g/mol. The van der Waals surface area contributed by atoms with Crippen molar-refractivity contribution in [3.63, 3.8) is 0 Å². The highest BCUT2D eigenvalue weighted by molar-refractivity contribution is 5.77. The Kier molecular flexibility index (Phi) is 7.93. The minimum absolute atomic E-state index is 0.0263. The summed E-state index contributed by atoms with van der Waals surface area (Å²) in [6.07, 6.45) is 2.47. The SMILES string of the molecule is COC(=O)C(c1cc(OCCC2CCN(C(=O)OC(C)(C)C)CC2)no1)C(C)C. The quantitative estimate of drug-likeness (QED) is 0.627. The first-order valence-corrected chi connectivity index (χ1v) is 10.3. The van der Waals surface area contributed by atoms with E-state index in [4.69, 9.17) is 18.7 Å². The van der Waals surface area contributed by atoms with Crippen molar-refractivity contribution in [2.45, 2.75) is 65.4 Å². The molecular weight excluding hydrogens is 376 g/mol. The molecule has 1 aromatic rings. The molecule has 0 aliphatic carbocycles. The molecule has 0 spiro atoms. The maximum absolute atomic E-state index is 12.1. The van der Waals surface area contributed by atoms with Crippen LogP contribution in [0.5, 0.6) is 5.88 Å². The number of carbonyl (C=O) groups excluding carboxylic acids is 2. The van der Waals surface area contributed by atoms with Gasteiger partial charge in [-0.2, -0.15) is 0 Å². The predicted molar refractivity (Wildman–Crippen MR) is 107 cm³/mol. The van der Waals surface area contributed by atoms with Gasteiger partial charge in [-0.15, -0.1) is 0 Å². The average Bonchev–Trinajstić information content (AvgIpc) is 3.08. The van der Waals surface area contributed by atoms with Crippen LogP contribution in [-0.4, -0.2) is 54.5 Å². The zero-order chi connectivity index (χ0) is 21.6. The van der Waals surface area contributed by atoms with E-state index in [0.29, 0.717) is 37.3 Å². The number of aromatic nitrogens is 1. The van der Waals surface area contributed by atoms with Crippen LogP contribution in [0.1, 0.15) is 65.6 Å². The van der Waals surface area contributed by atoms with Gasteiger partial charge in [-0.3, -0.25) is 4.79 Å². The van der Waals surface area contributed by atoms with E-state index in [2.05, 4.69) is 5.16 Å². The zero-order valence-corrected chi connectivity index (χ0v) is 18.4. The number of methoxy groups -OCH3 is 1. The standard InChI is InChI=1S/C21H34N2O6/c1-14(2)18(19(24)26-6)16-13-17(22-29-16)27-12-9-15-7-10-23(11-8-15)20(25)28-21(3,4)5/h13-15,18H,7-12H2,1-6H3. The van der Waals surface area contributed by atoms with Crippen LogP contribution in [0.3, 0.4) is 0 Å². The second-order valence-electron chi connectivity index (χ2n) is 8.86. The van der Waals surface area contributed by atoms with Crippen molar-refractivity contribution in [2.24, 2.45) is 11.8 Å². The molecule has 0 radical (unpaired) electrons.